The molecule has 0 aromatic rings. The molecule has 1 rings (SSSR count). The number of unbranched alkanes of at least 4 members (excludes halogenated alkanes) is 11. The van der Waals surface area contributed by atoms with E-state index in [-0.39, 0.29) is 17.9 Å². The number of cyclic esters (lactones) is 1. The highest BCUT2D eigenvalue weighted by molar-refractivity contribution is 6.00. The van der Waals surface area contributed by atoms with Crippen molar-refractivity contribution < 1.29 is 14.3 Å². The molecule has 0 aromatic carbocycles. The maximum absolute atomic E-state index is 12.2. The Balaban J connectivity index is 2.07. The highest BCUT2D eigenvalue weighted by Crippen LogP contribution is 2.25. The first-order valence-corrected chi connectivity index (χ1v) is 10.9. The van der Waals surface area contributed by atoms with Gasteiger partial charge in [-0.3, -0.25) is 9.59 Å². The Bertz CT molecular complexity index is 346. The molecule has 2 atom stereocenters. The number of hydrogen-bond acceptors (Lipinski definition) is 3. The zero-order chi connectivity index (χ0) is 18.3. The summed E-state index contributed by atoms with van der Waals surface area (Å²) in [6.45, 7) is 4.41. The average Bonchev–Trinajstić information content (AvgIpc) is 2.59. The van der Waals surface area contributed by atoms with Gasteiger partial charge in [0.1, 0.15) is 12.0 Å². The summed E-state index contributed by atoms with van der Waals surface area (Å²) < 4.78 is 5.54. The Labute approximate surface area is 155 Å². The predicted octanol–water partition coefficient (Wildman–Crippen LogP) is 6.38. The molecule has 0 saturated carbocycles. The molecule has 0 spiro atoms. The van der Waals surface area contributed by atoms with Crippen molar-refractivity contribution in [1.82, 2.24) is 0 Å². The van der Waals surface area contributed by atoms with Crippen LogP contribution in [0.4, 0.5) is 0 Å². The van der Waals surface area contributed by atoms with Crippen LogP contribution < -0.4 is 0 Å². The average molecular weight is 353 g/mol. The fraction of sp³-hybridized carbons (Fsp3) is 0.909. The quantitative estimate of drug-likeness (QED) is 0.195. The fourth-order valence-corrected chi connectivity index (χ4v) is 3.68. The fourth-order valence-electron chi connectivity index (χ4n) is 3.68. The molecule has 0 aliphatic carbocycles. The lowest BCUT2D eigenvalue weighted by Crippen LogP contribution is -2.38. The molecule has 3 nitrogen and oxygen atoms in total. The number of ether oxygens (including phenoxy) is 1. The zero-order valence-electron chi connectivity index (χ0n) is 16.7. The van der Waals surface area contributed by atoms with Gasteiger partial charge in [0, 0.05) is 6.42 Å². The van der Waals surface area contributed by atoms with Crippen LogP contribution in [0.15, 0.2) is 0 Å². The lowest BCUT2D eigenvalue weighted by Gasteiger charge is -2.27. The SMILES string of the molecule is CCCCCCCCCCC[C@@H]1CC(=O)[C@@H](CCCCCC)C(=O)O1. The van der Waals surface area contributed by atoms with E-state index in [1.807, 2.05) is 0 Å². The molecule has 146 valence electrons. The van der Waals surface area contributed by atoms with E-state index in [1.54, 1.807) is 0 Å². The maximum atomic E-state index is 12.2. The van der Waals surface area contributed by atoms with Gasteiger partial charge in [-0.1, -0.05) is 90.9 Å². The summed E-state index contributed by atoms with van der Waals surface area (Å²) in [6, 6.07) is 0. The van der Waals surface area contributed by atoms with E-state index in [0.29, 0.717) is 12.8 Å². The second-order valence-corrected chi connectivity index (χ2v) is 7.75. The monoisotopic (exact) mass is 352 g/mol. The smallest absolute Gasteiger partial charge is 0.316 e. The number of carbonyl (C=O) groups excluding carboxylic acids is 2. The van der Waals surface area contributed by atoms with E-state index in [1.165, 1.54) is 64.2 Å². The number of carbonyl (C=O) groups is 2. The zero-order valence-corrected chi connectivity index (χ0v) is 16.7. The molecule has 0 N–H and O–H groups in total. The largest absolute Gasteiger partial charge is 0.461 e. The predicted molar refractivity (Wildman–Crippen MR) is 104 cm³/mol. The first-order valence-electron chi connectivity index (χ1n) is 10.9. The summed E-state index contributed by atoms with van der Waals surface area (Å²) in [6.07, 6.45) is 17.8. The molecule has 3 heteroatoms. The lowest BCUT2D eigenvalue weighted by atomic mass is 9.89. The van der Waals surface area contributed by atoms with Crippen molar-refractivity contribution in [1.29, 1.82) is 0 Å². The third kappa shape index (κ3) is 10.0. The third-order valence-corrected chi connectivity index (χ3v) is 5.36. The van der Waals surface area contributed by atoms with E-state index in [0.717, 1.165) is 25.7 Å². The summed E-state index contributed by atoms with van der Waals surface area (Å²) in [5.41, 5.74) is 0. The number of ketones is 1. The second kappa shape index (κ2) is 14.3. The van der Waals surface area contributed by atoms with Crippen molar-refractivity contribution in [3.63, 3.8) is 0 Å². The van der Waals surface area contributed by atoms with Crippen LogP contribution in [-0.4, -0.2) is 17.9 Å². The summed E-state index contributed by atoms with van der Waals surface area (Å²) in [4.78, 5) is 24.3. The molecule has 25 heavy (non-hydrogen) atoms. The van der Waals surface area contributed by atoms with Crippen molar-refractivity contribution in [2.24, 2.45) is 5.92 Å². The van der Waals surface area contributed by atoms with Gasteiger partial charge in [-0.05, 0) is 19.3 Å². The van der Waals surface area contributed by atoms with Crippen LogP contribution in [0.25, 0.3) is 0 Å². The standard InChI is InChI=1S/C22H40O3/c1-3-5-7-9-10-11-12-13-14-16-19-18-21(23)20(22(24)25-19)17-15-8-6-4-2/h19-20H,3-18H2,1-2H3/t19-,20-/m1/s1. The first kappa shape index (κ1) is 22.2. The van der Waals surface area contributed by atoms with Crippen LogP contribution in [0.2, 0.25) is 0 Å². The molecule has 1 aliphatic rings. The van der Waals surface area contributed by atoms with Gasteiger partial charge in [-0.15, -0.1) is 0 Å². The van der Waals surface area contributed by atoms with Crippen molar-refractivity contribution in [2.45, 2.75) is 123 Å². The number of Topliss-reactive ketones (excluding diaryl/α,β-unsaturated/α-hetero) is 1. The molecular formula is C22H40O3. The molecular weight excluding hydrogens is 312 g/mol. The molecule has 0 radical (unpaired) electrons. The van der Waals surface area contributed by atoms with Crippen molar-refractivity contribution in [3.05, 3.63) is 0 Å². The van der Waals surface area contributed by atoms with Gasteiger partial charge < -0.3 is 4.74 Å². The Hall–Kier alpha value is -0.860. The van der Waals surface area contributed by atoms with Crippen LogP contribution in [0.1, 0.15) is 117 Å². The summed E-state index contributed by atoms with van der Waals surface area (Å²) in [5, 5.41) is 0. The van der Waals surface area contributed by atoms with Gasteiger partial charge in [0.2, 0.25) is 0 Å². The van der Waals surface area contributed by atoms with Gasteiger partial charge in [-0.2, -0.15) is 0 Å². The molecule has 1 fully saturated rings. The van der Waals surface area contributed by atoms with E-state index >= 15 is 0 Å². The minimum Gasteiger partial charge on any atom is -0.461 e. The summed E-state index contributed by atoms with van der Waals surface area (Å²) in [7, 11) is 0. The lowest BCUT2D eigenvalue weighted by molar-refractivity contribution is -0.165. The van der Waals surface area contributed by atoms with Crippen LogP contribution >= 0.6 is 0 Å². The van der Waals surface area contributed by atoms with Gasteiger partial charge in [0.15, 0.2) is 5.78 Å². The highest BCUT2D eigenvalue weighted by Gasteiger charge is 2.36. The van der Waals surface area contributed by atoms with E-state index in [9.17, 15) is 9.59 Å². The normalized spacial score (nSPS) is 20.7. The van der Waals surface area contributed by atoms with Gasteiger partial charge in [-0.25, -0.2) is 0 Å². The molecule has 1 aliphatic heterocycles. The first-order chi connectivity index (χ1) is 12.2. The second-order valence-electron chi connectivity index (χ2n) is 7.75. The van der Waals surface area contributed by atoms with Crippen molar-refractivity contribution in [3.8, 4) is 0 Å². The third-order valence-electron chi connectivity index (χ3n) is 5.36. The highest BCUT2D eigenvalue weighted by atomic mass is 16.5. The van der Waals surface area contributed by atoms with Crippen LogP contribution in [-0.2, 0) is 14.3 Å². The molecule has 0 amide bonds. The minimum absolute atomic E-state index is 0.119. The van der Waals surface area contributed by atoms with Gasteiger partial charge in [0.25, 0.3) is 0 Å². The summed E-state index contributed by atoms with van der Waals surface area (Å²) >= 11 is 0. The molecule has 0 unspecified atom stereocenters. The Kier molecular flexibility index (Phi) is 12.7. The number of hydrogen-bond donors (Lipinski definition) is 0. The number of rotatable bonds is 15. The topological polar surface area (TPSA) is 43.4 Å². The van der Waals surface area contributed by atoms with Crippen LogP contribution in [0.3, 0.4) is 0 Å². The van der Waals surface area contributed by atoms with Crippen LogP contribution in [0, 0.1) is 5.92 Å². The van der Waals surface area contributed by atoms with Gasteiger partial charge in [0.05, 0.1) is 0 Å². The Morgan fingerprint density at radius 2 is 1.20 bits per heavy atom. The maximum Gasteiger partial charge on any atom is 0.316 e. The molecule has 0 bridgehead atoms. The summed E-state index contributed by atoms with van der Waals surface area (Å²) in [5.74, 6) is -0.612. The van der Waals surface area contributed by atoms with Gasteiger partial charge >= 0.3 is 5.97 Å². The van der Waals surface area contributed by atoms with Crippen molar-refractivity contribution in [2.75, 3.05) is 0 Å². The van der Waals surface area contributed by atoms with Crippen molar-refractivity contribution >= 4 is 11.8 Å². The van der Waals surface area contributed by atoms with E-state index in [2.05, 4.69) is 13.8 Å². The Morgan fingerprint density at radius 1 is 0.720 bits per heavy atom. The van der Waals surface area contributed by atoms with E-state index in [4.69, 9.17) is 4.74 Å². The van der Waals surface area contributed by atoms with Crippen LogP contribution in [0.5, 0.6) is 0 Å². The minimum atomic E-state index is -0.476. The Morgan fingerprint density at radius 3 is 1.76 bits per heavy atom. The molecule has 0 aromatic heterocycles. The van der Waals surface area contributed by atoms with E-state index < -0.39 is 5.92 Å². The number of esters is 1. The molecule has 1 saturated heterocycles. The molecule has 1 heterocycles.